The van der Waals surface area contributed by atoms with Gasteiger partial charge >= 0.3 is 0 Å². The van der Waals surface area contributed by atoms with Gasteiger partial charge in [-0.05, 0) is 50.5 Å². The molecule has 0 bridgehead atoms. The van der Waals surface area contributed by atoms with Crippen LogP contribution in [0.4, 0.5) is 5.69 Å². The molecule has 24 heavy (non-hydrogen) atoms. The molecule has 2 rings (SSSR count). The van der Waals surface area contributed by atoms with Crippen LogP contribution in [-0.2, 0) is 11.2 Å². The van der Waals surface area contributed by atoms with E-state index in [1.807, 2.05) is 39.0 Å². The lowest BCUT2D eigenvalue weighted by Gasteiger charge is -2.18. The van der Waals surface area contributed by atoms with E-state index in [9.17, 15) is 9.59 Å². The van der Waals surface area contributed by atoms with E-state index < -0.39 is 6.04 Å². The van der Waals surface area contributed by atoms with E-state index in [2.05, 4.69) is 5.32 Å². The van der Waals surface area contributed by atoms with Crippen molar-refractivity contribution in [2.45, 2.75) is 40.2 Å². The number of aryl methyl sites for hydroxylation is 2. The third kappa shape index (κ3) is 3.67. The molecule has 1 aromatic heterocycles. The minimum atomic E-state index is -0.637. The summed E-state index contributed by atoms with van der Waals surface area (Å²) < 4.78 is 6.71. The molecule has 5 heteroatoms. The maximum Gasteiger partial charge on any atom is 0.293 e. The standard InChI is InChI=1S/C19H24N2O3/c1-5-15-10-7-9-13(3)17(15)20-18(22)14(4)21-12-8-11-16(19(21)23)24-6-2/h7-12,14H,5-6H2,1-4H3,(H,20,22). The molecule has 5 nitrogen and oxygen atoms in total. The van der Waals surface area contributed by atoms with Gasteiger partial charge in [-0.15, -0.1) is 0 Å². The normalized spacial score (nSPS) is 11.8. The highest BCUT2D eigenvalue weighted by molar-refractivity contribution is 5.95. The fraction of sp³-hybridized carbons (Fsp3) is 0.368. The van der Waals surface area contributed by atoms with Crippen LogP contribution >= 0.6 is 0 Å². The third-order valence-corrected chi connectivity index (χ3v) is 4.02. The van der Waals surface area contributed by atoms with Gasteiger partial charge in [0.2, 0.25) is 5.91 Å². The molecule has 0 aliphatic carbocycles. The fourth-order valence-corrected chi connectivity index (χ4v) is 2.62. The minimum absolute atomic E-state index is 0.227. The number of carbonyl (C=O) groups is 1. The van der Waals surface area contributed by atoms with Crippen LogP contribution in [0, 0.1) is 6.92 Å². The molecule has 0 fully saturated rings. The van der Waals surface area contributed by atoms with Crippen molar-refractivity contribution < 1.29 is 9.53 Å². The Morgan fingerprint density at radius 1 is 1.25 bits per heavy atom. The van der Waals surface area contributed by atoms with Gasteiger partial charge in [-0.1, -0.05) is 25.1 Å². The first-order valence-corrected chi connectivity index (χ1v) is 8.22. The molecule has 2 aromatic rings. The zero-order chi connectivity index (χ0) is 17.7. The molecule has 1 heterocycles. The fourth-order valence-electron chi connectivity index (χ4n) is 2.62. The Hall–Kier alpha value is -2.56. The van der Waals surface area contributed by atoms with Gasteiger partial charge in [-0.3, -0.25) is 9.59 Å². The molecule has 128 valence electrons. The number of amides is 1. The molecule has 0 saturated carbocycles. The number of rotatable bonds is 6. The van der Waals surface area contributed by atoms with Crippen molar-refractivity contribution in [3.8, 4) is 5.75 Å². The van der Waals surface area contributed by atoms with Gasteiger partial charge < -0.3 is 14.6 Å². The second kappa shape index (κ2) is 7.81. The number of benzene rings is 1. The number of nitrogens with one attached hydrogen (secondary N) is 1. The van der Waals surface area contributed by atoms with Crippen LogP contribution in [0.25, 0.3) is 0 Å². The Bertz CT molecular complexity index is 780. The monoisotopic (exact) mass is 328 g/mol. The van der Waals surface area contributed by atoms with Crippen LogP contribution in [0.15, 0.2) is 41.3 Å². The van der Waals surface area contributed by atoms with Crippen LogP contribution in [0.5, 0.6) is 5.75 Å². The maximum absolute atomic E-state index is 12.6. The van der Waals surface area contributed by atoms with Crippen molar-refractivity contribution in [2.75, 3.05) is 11.9 Å². The van der Waals surface area contributed by atoms with Gasteiger partial charge in [-0.2, -0.15) is 0 Å². The predicted octanol–water partition coefficient (Wildman–Crippen LogP) is 3.32. The molecule has 0 aliphatic rings. The average molecular weight is 328 g/mol. The number of ether oxygens (including phenoxy) is 1. The summed E-state index contributed by atoms with van der Waals surface area (Å²) in [4.78, 5) is 25.0. The predicted molar refractivity (Wildman–Crippen MR) is 95.8 cm³/mol. The lowest BCUT2D eigenvalue weighted by atomic mass is 10.1. The first-order chi connectivity index (χ1) is 11.5. The molecule has 0 aliphatic heterocycles. The van der Waals surface area contributed by atoms with Gasteiger partial charge in [-0.25, -0.2) is 0 Å². The highest BCUT2D eigenvalue weighted by Gasteiger charge is 2.19. The largest absolute Gasteiger partial charge is 0.488 e. The van der Waals surface area contributed by atoms with Crippen LogP contribution < -0.4 is 15.6 Å². The number of para-hydroxylation sites is 1. The van der Waals surface area contributed by atoms with Crippen LogP contribution in [0.1, 0.15) is 37.9 Å². The Morgan fingerprint density at radius 3 is 2.67 bits per heavy atom. The number of nitrogens with zero attached hydrogens (tertiary/aromatic N) is 1. The van der Waals surface area contributed by atoms with E-state index >= 15 is 0 Å². The number of aromatic nitrogens is 1. The molecule has 0 saturated heterocycles. The molecule has 1 atom stereocenters. The second-order valence-corrected chi connectivity index (χ2v) is 5.65. The highest BCUT2D eigenvalue weighted by atomic mass is 16.5. The third-order valence-electron chi connectivity index (χ3n) is 4.02. The quantitative estimate of drug-likeness (QED) is 0.885. The van der Waals surface area contributed by atoms with Gasteiger partial charge in [0.25, 0.3) is 5.56 Å². The summed E-state index contributed by atoms with van der Waals surface area (Å²) in [7, 11) is 0. The number of pyridine rings is 1. The van der Waals surface area contributed by atoms with E-state index in [1.54, 1.807) is 25.3 Å². The summed E-state index contributed by atoms with van der Waals surface area (Å²) in [6.07, 6.45) is 2.43. The molecular formula is C19H24N2O3. The number of carbonyl (C=O) groups excluding carboxylic acids is 1. The van der Waals surface area contributed by atoms with Crippen molar-refractivity contribution in [1.29, 1.82) is 0 Å². The zero-order valence-electron chi connectivity index (χ0n) is 14.6. The van der Waals surface area contributed by atoms with Crippen molar-refractivity contribution in [2.24, 2.45) is 0 Å². The van der Waals surface area contributed by atoms with E-state index in [0.717, 1.165) is 23.2 Å². The van der Waals surface area contributed by atoms with Crippen molar-refractivity contribution in [3.63, 3.8) is 0 Å². The maximum atomic E-state index is 12.6. The second-order valence-electron chi connectivity index (χ2n) is 5.65. The summed E-state index contributed by atoms with van der Waals surface area (Å²) >= 11 is 0. The zero-order valence-corrected chi connectivity index (χ0v) is 14.6. The van der Waals surface area contributed by atoms with Crippen LogP contribution in [0.3, 0.4) is 0 Å². The first-order valence-electron chi connectivity index (χ1n) is 8.22. The van der Waals surface area contributed by atoms with Crippen molar-refractivity contribution >= 4 is 11.6 Å². The van der Waals surface area contributed by atoms with E-state index in [1.165, 1.54) is 4.57 Å². The van der Waals surface area contributed by atoms with Gasteiger partial charge in [0.05, 0.1) is 6.61 Å². The van der Waals surface area contributed by atoms with Crippen LogP contribution in [-0.4, -0.2) is 17.1 Å². The molecule has 1 N–H and O–H groups in total. The van der Waals surface area contributed by atoms with Crippen LogP contribution in [0.2, 0.25) is 0 Å². The Morgan fingerprint density at radius 2 is 2.00 bits per heavy atom. The summed E-state index contributed by atoms with van der Waals surface area (Å²) in [5.74, 6) is 0.0273. The van der Waals surface area contributed by atoms with E-state index in [-0.39, 0.29) is 17.2 Å². The number of hydrogen-bond donors (Lipinski definition) is 1. The SMILES string of the molecule is CCOc1cccn(C(C)C(=O)Nc2c(C)cccc2CC)c1=O. The van der Waals surface area contributed by atoms with Gasteiger partial charge in [0, 0.05) is 11.9 Å². The molecule has 0 spiro atoms. The van der Waals surface area contributed by atoms with Crippen molar-refractivity contribution in [1.82, 2.24) is 4.57 Å². The topological polar surface area (TPSA) is 60.3 Å². The smallest absolute Gasteiger partial charge is 0.293 e. The Kier molecular flexibility index (Phi) is 5.79. The molecule has 1 amide bonds. The molecular weight excluding hydrogens is 304 g/mol. The first kappa shape index (κ1) is 17.8. The van der Waals surface area contributed by atoms with Gasteiger partial charge in [0.1, 0.15) is 6.04 Å². The highest BCUT2D eigenvalue weighted by Crippen LogP contribution is 2.22. The number of anilines is 1. The number of hydrogen-bond acceptors (Lipinski definition) is 3. The summed E-state index contributed by atoms with van der Waals surface area (Å²) in [6, 6.07) is 8.62. The Balaban J connectivity index is 2.28. The summed E-state index contributed by atoms with van der Waals surface area (Å²) in [5, 5.41) is 2.97. The lowest BCUT2D eigenvalue weighted by molar-refractivity contribution is -0.118. The minimum Gasteiger partial charge on any atom is -0.488 e. The average Bonchev–Trinajstić information content (AvgIpc) is 2.58. The molecule has 0 radical (unpaired) electrons. The lowest BCUT2D eigenvalue weighted by Crippen LogP contribution is -2.32. The molecule has 1 aromatic carbocycles. The van der Waals surface area contributed by atoms with E-state index in [0.29, 0.717) is 6.61 Å². The van der Waals surface area contributed by atoms with Gasteiger partial charge in [0.15, 0.2) is 5.75 Å². The summed E-state index contributed by atoms with van der Waals surface area (Å²) in [5.41, 5.74) is 2.60. The Labute approximate surface area is 142 Å². The van der Waals surface area contributed by atoms with Crippen molar-refractivity contribution in [3.05, 3.63) is 58.0 Å². The summed E-state index contributed by atoms with van der Waals surface area (Å²) in [6.45, 7) is 7.93. The molecule has 1 unspecified atom stereocenters. The van der Waals surface area contributed by atoms with E-state index in [4.69, 9.17) is 4.74 Å².